The minimum Gasteiger partial charge on any atom is -0.278 e. The minimum atomic E-state index is 0.518. The number of rotatable bonds is 5. The summed E-state index contributed by atoms with van der Waals surface area (Å²) in [5.74, 6) is 1.70. The van der Waals surface area contributed by atoms with Crippen molar-refractivity contribution < 1.29 is 0 Å². The molecule has 0 saturated carbocycles. The predicted molar refractivity (Wildman–Crippen MR) is 214 cm³/mol. The second-order valence-corrected chi connectivity index (χ2v) is 13.8. The first-order valence-corrected chi connectivity index (χ1v) is 17.9. The standard InChI is InChI=1S/C46H27N5S/c47-28-29-23-24-41-37(25-29)35-19-10-11-22-40(35)51(41)46-49-44(32-17-8-3-9-18-32)48-45(50-46)39-27-33(30-13-4-1-5-14-30)26-38-36-21-12-20-34(42(36)52-43(38)39)31-15-6-2-7-16-31/h1-27H. The zero-order chi connectivity index (χ0) is 34.6. The number of thiophene rings is 1. The third-order valence-electron chi connectivity index (χ3n) is 9.69. The molecule has 0 saturated heterocycles. The summed E-state index contributed by atoms with van der Waals surface area (Å²) in [6.45, 7) is 0. The maximum Gasteiger partial charge on any atom is 0.238 e. The van der Waals surface area contributed by atoms with Gasteiger partial charge in [0.05, 0.1) is 22.7 Å². The zero-order valence-corrected chi connectivity index (χ0v) is 28.5. The molecule has 0 fully saturated rings. The molecule has 0 radical (unpaired) electrons. The molecule has 10 aromatic rings. The summed E-state index contributed by atoms with van der Waals surface area (Å²) in [5, 5.41) is 14.1. The molecule has 3 aromatic heterocycles. The summed E-state index contributed by atoms with van der Waals surface area (Å²) in [4.78, 5) is 15.7. The molecule has 7 aromatic carbocycles. The smallest absolute Gasteiger partial charge is 0.238 e. The molecule has 0 unspecified atom stereocenters. The highest BCUT2D eigenvalue weighted by molar-refractivity contribution is 7.26. The van der Waals surface area contributed by atoms with Crippen LogP contribution in [0.4, 0.5) is 0 Å². The second-order valence-electron chi connectivity index (χ2n) is 12.8. The van der Waals surface area contributed by atoms with Crippen LogP contribution < -0.4 is 0 Å². The third-order valence-corrected chi connectivity index (χ3v) is 11.0. The van der Waals surface area contributed by atoms with Crippen LogP contribution in [0.2, 0.25) is 0 Å². The minimum absolute atomic E-state index is 0.518. The Morgan fingerprint density at radius 1 is 0.442 bits per heavy atom. The molecule has 5 nitrogen and oxygen atoms in total. The highest BCUT2D eigenvalue weighted by Gasteiger charge is 2.22. The monoisotopic (exact) mass is 681 g/mol. The van der Waals surface area contributed by atoms with Crippen LogP contribution in [0.1, 0.15) is 5.56 Å². The fourth-order valence-corrected chi connectivity index (χ4v) is 8.59. The fourth-order valence-electron chi connectivity index (χ4n) is 7.27. The van der Waals surface area contributed by atoms with Gasteiger partial charge in [-0.2, -0.15) is 15.2 Å². The Morgan fingerprint density at radius 3 is 1.85 bits per heavy atom. The molecule has 0 aliphatic carbocycles. The first-order valence-electron chi connectivity index (χ1n) is 17.1. The average Bonchev–Trinajstić information content (AvgIpc) is 3.77. The highest BCUT2D eigenvalue weighted by atomic mass is 32.1. The molecule has 242 valence electrons. The van der Waals surface area contributed by atoms with E-state index in [4.69, 9.17) is 15.0 Å². The van der Waals surface area contributed by atoms with Gasteiger partial charge >= 0.3 is 0 Å². The van der Waals surface area contributed by atoms with Crippen molar-refractivity contribution in [3.05, 3.63) is 169 Å². The van der Waals surface area contributed by atoms with Crippen LogP contribution >= 0.6 is 11.3 Å². The van der Waals surface area contributed by atoms with Crippen LogP contribution in [-0.2, 0) is 0 Å². The van der Waals surface area contributed by atoms with Crippen molar-refractivity contribution in [3.63, 3.8) is 0 Å². The summed E-state index contributed by atoms with van der Waals surface area (Å²) in [6.07, 6.45) is 0. The lowest BCUT2D eigenvalue weighted by Gasteiger charge is -2.12. The van der Waals surface area contributed by atoms with E-state index in [-0.39, 0.29) is 0 Å². The van der Waals surface area contributed by atoms with E-state index < -0.39 is 0 Å². The molecule has 6 heteroatoms. The van der Waals surface area contributed by atoms with E-state index >= 15 is 0 Å². The molecule has 10 rings (SSSR count). The van der Waals surface area contributed by atoms with Crippen LogP contribution in [0, 0.1) is 11.3 Å². The van der Waals surface area contributed by atoms with E-state index in [2.05, 4.69) is 108 Å². The van der Waals surface area contributed by atoms with Crippen molar-refractivity contribution in [2.45, 2.75) is 0 Å². The fraction of sp³-hybridized carbons (Fsp3) is 0. The van der Waals surface area contributed by atoms with Gasteiger partial charge in [0, 0.05) is 42.1 Å². The summed E-state index contributed by atoms with van der Waals surface area (Å²) in [7, 11) is 0. The Bertz CT molecular complexity index is 3010. The Hall–Kier alpha value is -6.94. The maximum atomic E-state index is 9.75. The number of para-hydroxylation sites is 1. The van der Waals surface area contributed by atoms with E-state index in [1.807, 2.05) is 66.7 Å². The maximum absolute atomic E-state index is 9.75. The lowest BCUT2D eigenvalue weighted by atomic mass is 9.97. The number of nitriles is 1. The predicted octanol–water partition coefficient (Wildman–Crippen LogP) is 11.9. The number of nitrogens with zero attached hydrogens (tertiary/aromatic N) is 5. The number of hydrogen-bond acceptors (Lipinski definition) is 5. The van der Waals surface area contributed by atoms with Crippen molar-refractivity contribution in [3.8, 4) is 57.0 Å². The topological polar surface area (TPSA) is 67.4 Å². The summed E-state index contributed by atoms with van der Waals surface area (Å²) in [6, 6.07) is 58.6. The lowest BCUT2D eigenvalue weighted by molar-refractivity contribution is 0.954. The van der Waals surface area contributed by atoms with Crippen molar-refractivity contribution >= 4 is 53.3 Å². The van der Waals surface area contributed by atoms with Gasteiger partial charge in [0.25, 0.3) is 0 Å². The van der Waals surface area contributed by atoms with Crippen LogP contribution in [0.15, 0.2) is 164 Å². The van der Waals surface area contributed by atoms with Crippen molar-refractivity contribution in [2.75, 3.05) is 0 Å². The average molecular weight is 682 g/mol. The molecule has 0 atom stereocenters. The Kier molecular flexibility index (Phi) is 6.98. The second kappa shape index (κ2) is 12.1. The zero-order valence-electron chi connectivity index (χ0n) is 27.7. The van der Waals surface area contributed by atoms with Crippen LogP contribution in [-0.4, -0.2) is 19.5 Å². The summed E-state index contributed by atoms with van der Waals surface area (Å²) < 4.78 is 4.44. The highest BCUT2D eigenvalue weighted by Crippen LogP contribution is 2.45. The largest absolute Gasteiger partial charge is 0.278 e. The SMILES string of the molecule is N#Cc1ccc2c(c1)c1ccccc1n2-c1nc(-c2ccccc2)nc(-c2cc(-c3ccccc3)cc3c2sc2c(-c4ccccc4)cccc23)n1. The van der Waals surface area contributed by atoms with Gasteiger partial charge in [0.1, 0.15) is 0 Å². The Labute approximate surface area is 303 Å². The van der Waals surface area contributed by atoms with E-state index in [0.29, 0.717) is 23.2 Å². The van der Waals surface area contributed by atoms with Gasteiger partial charge < -0.3 is 0 Å². The number of hydrogen-bond donors (Lipinski definition) is 0. The van der Waals surface area contributed by atoms with Gasteiger partial charge in [0.15, 0.2) is 11.6 Å². The van der Waals surface area contributed by atoms with Gasteiger partial charge in [-0.25, -0.2) is 4.98 Å². The van der Waals surface area contributed by atoms with Gasteiger partial charge in [-0.15, -0.1) is 11.3 Å². The molecular weight excluding hydrogens is 655 g/mol. The third kappa shape index (κ3) is 4.87. The summed E-state index contributed by atoms with van der Waals surface area (Å²) >= 11 is 1.78. The first kappa shape index (κ1) is 29.9. The molecule has 0 aliphatic heterocycles. The van der Waals surface area contributed by atoms with E-state index in [0.717, 1.165) is 48.8 Å². The van der Waals surface area contributed by atoms with Gasteiger partial charge in [0.2, 0.25) is 5.95 Å². The molecule has 0 aliphatic rings. The van der Waals surface area contributed by atoms with Crippen LogP contribution in [0.3, 0.4) is 0 Å². The van der Waals surface area contributed by atoms with Crippen molar-refractivity contribution in [2.24, 2.45) is 0 Å². The van der Waals surface area contributed by atoms with Gasteiger partial charge in [-0.05, 0) is 58.7 Å². The van der Waals surface area contributed by atoms with E-state index in [9.17, 15) is 5.26 Å². The van der Waals surface area contributed by atoms with E-state index in [1.165, 1.54) is 26.6 Å². The van der Waals surface area contributed by atoms with Gasteiger partial charge in [-0.1, -0.05) is 127 Å². The van der Waals surface area contributed by atoms with Crippen LogP contribution in [0.5, 0.6) is 0 Å². The van der Waals surface area contributed by atoms with Gasteiger partial charge in [-0.3, -0.25) is 4.57 Å². The molecular formula is C46H27N5S. The molecule has 0 spiro atoms. The lowest BCUT2D eigenvalue weighted by Crippen LogP contribution is -2.06. The molecule has 0 N–H and O–H groups in total. The number of benzene rings is 7. The number of aromatic nitrogens is 4. The number of fused-ring (bicyclic) bond motifs is 6. The molecule has 0 bridgehead atoms. The van der Waals surface area contributed by atoms with Crippen molar-refractivity contribution in [1.82, 2.24) is 19.5 Å². The normalized spacial score (nSPS) is 11.4. The summed E-state index contributed by atoms with van der Waals surface area (Å²) in [5.41, 5.74) is 8.95. The van der Waals surface area contributed by atoms with Crippen LogP contribution in [0.25, 0.3) is 93.0 Å². The van der Waals surface area contributed by atoms with E-state index in [1.54, 1.807) is 11.3 Å². The molecule has 52 heavy (non-hydrogen) atoms. The first-order chi connectivity index (χ1) is 25.7. The Morgan fingerprint density at radius 2 is 1.08 bits per heavy atom. The quantitative estimate of drug-likeness (QED) is 0.181. The molecule has 0 amide bonds. The van der Waals surface area contributed by atoms with Crippen molar-refractivity contribution in [1.29, 1.82) is 5.26 Å². The Balaban J connectivity index is 1.31. The molecule has 3 heterocycles.